The van der Waals surface area contributed by atoms with Gasteiger partial charge in [-0.05, 0) is 31.9 Å². The summed E-state index contributed by atoms with van der Waals surface area (Å²) in [6.45, 7) is 1.41. The van der Waals surface area contributed by atoms with Crippen molar-refractivity contribution >= 4 is 28.3 Å². The molecule has 0 radical (unpaired) electrons. The molecule has 4 N–H and O–H groups in total. The maximum absolute atomic E-state index is 13.0. The molecule has 1 saturated heterocycles. The minimum atomic E-state index is -0.762. The molecule has 2 heterocycles. The number of nitrogens with zero attached hydrogens (tertiary/aromatic N) is 2. The highest BCUT2D eigenvalue weighted by Crippen LogP contribution is 2.22. The molecule has 8 heteroatoms. The van der Waals surface area contributed by atoms with Crippen LogP contribution >= 0.6 is 0 Å². The zero-order valence-electron chi connectivity index (χ0n) is 14.5. The highest BCUT2D eigenvalue weighted by molar-refractivity contribution is 5.99. The molecule has 1 aromatic heterocycles. The van der Waals surface area contributed by atoms with Crippen molar-refractivity contribution < 1.29 is 9.59 Å². The lowest BCUT2D eigenvalue weighted by molar-refractivity contribution is -0.136. The summed E-state index contributed by atoms with van der Waals surface area (Å²) in [5.74, 6) is -0.803. The van der Waals surface area contributed by atoms with Crippen molar-refractivity contribution in [2.45, 2.75) is 38.1 Å². The fourth-order valence-corrected chi connectivity index (χ4v) is 3.16. The van der Waals surface area contributed by atoms with E-state index in [4.69, 9.17) is 5.73 Å². The maximum Gasteiger partial charge on any atom is 0.277 e. The second-order valence-corrected chi connectivity index (χ2v) is 6.41. The second-order valence-electron chi connectivity index (χ2n) is 6.41. The Balaban J connectivity index is 1.89. The predicted octanol–water partition coefficient (Wildman–Crippen LogP) is 0.915. The number of piperidine rings is 1. The number of nitrogens with two attached hydrogens (primary N) is 1. The zero-order valence-corrected chi connectivity index (χ0v) is 14.5. The van der Waals surface area contributed by atoms with Gasteiger partial charge in [0.15, 0.2) is 0 Å². The van der Waals surface area contributed by atoms with Crippen LogP contribution in [0.4, 0.5) is 5.69 Å². The number of fused-ring (bicyclic) bond motifs is 1. The molecule has 0 aliphatic carbocycles. The van der Waals surface area contributed by atoms with Crippen molar-refractivity contribution in [2.24, 2.45) is 5.73 Å². The minimum absolute atomic E-state index is 0.198. The summed E-state index contributed by atoms with van der Waals surface area (Å²) in [7, 11) is 0. The van der Waals surface area contributed by atoms with Gasteiger partial charge in [-0.2, -0.15) is 5.10 Å². The first-order valence-corrected chi connectivity index (χ1v) is 8.90. The molecule has 1 atom stereocenters. The van der Waals surface area contributed by atoms with Gasteiger partial charge in [0.1, 0.15) is 6.04 Å². The smallest absolute Gasteiger partial charge is 0.277 e. The van der Waals surface area contributed by atoms with Crippen molar-refractivity contribution in [3.63, 3.8) is 0 Å². The van der Waals surface area contributed by atoms with Crippen molar-refractivity contribution in [3.8, 4) is 0 Å². The standard InChI is InChI=1S/C18H23N5O3/c19-9-2-1-3-10-20-13-6-4-5-12-11-21-23(18(26)16(12)13)14-7-8-15(24)22-17(14)25/h4-6,11,14,20H,1-3,7-10,19H2,(H,22,24,25). The van der Waals surface area contributed by atoms with Gasteiger partial charge in [0, 0.05) is 24.0 Å². The number of anilines is 1. The van der Waals surface area contributed by atoms with Crippen LogP contribution in [-0.4, -0.2) is 34.7 Å². The number of imide groups is 1. The third-order valence-electron chi connectivity index (χ3n) is 4.54. The first kappa shape index (κ1) is 18.1. The Bertz CT molecular complexity index is 877. The van der Waals surface area contributed by atoms with Crippen LogP contribution in [0.25, 0.3) is 10.8 Å². The predicted molar refractivity (Wildman–Crippen MR) is 98.8 cm³/mol. The molecule has 1 aliphatic rings. The lowest BCUT2D eigenvalue weighted by Crippen LogP contribution is -2.45. The summed E-state index contributed by atoms with van der Waals surface area (Å²) in [4.78, 5) is 36.4. The number of carbonyl (C=O) groups excluding carboxylic acids is 2. The summed E-state index contributed by atoms with van der Waals surface area (Å²) in [5, 5.41) is 10.9. The molecule has 0 saturated carbocycles. The van der Waals surface area contributed by atoms with E-state index in [-0.39, 0.29) is 24.3 Å². The van der Waals surface area contributed by atoms with Gasteiger partial charge >= 0.3 is 0 Å². The highest BCUT2D eigenvalue weighted by atomic mass is 16.2. The summed E-state index contributed by atoms with van der Waals surface area (Å²) >= 11 is 0. The lowest BCUT2D eigenvalue weighted by atomic mass is 10.1. The number of amides is 2. The van der Waals surface area contributed by atoms with Crippen molar-refractivity contribution in [1.82, 2.24) is 15.1 Å². The van der Waals surface area contributed by atoms with E-state index in [0.717, 1.165) is 31.5 Å². The molecule has 8 nitrogen and oxygen atoms in total. The summed E-state index contributed by atoms with van der Waals surface area (Å²) in [5.41, 5.74) is 5.89. The van der Waals surface area contributed by atoms with Crippen LogP contribution in [0.2, 0.25) is 0 Å². The topological polar surface area (TPSA) is 119 Å². The Labute approximate surface area is 150 Å². The van der Waals surface area contributed by atoms with Gasteiger partial charge < -0.3 is 11.1 Å². The number of aromatic nitrogens is 2. The third kappa shape index (κ3) is 3.75. The monoisotopic (exact) mass is 357 g/mol. The Hall–Kier alpha value is -2.74. The number of hydrogen-bond donors (Lipinski definition) is 3. The molecule has 1 aliphatic heterocycles. The summed E-state index contributed by atoms with van der Waals surface area (Å²) in [6.07, 6.45) is 5.02. The van der Waals surface area contributed by atoms with E-state index < -0.39 is 11.9 Å². The zero-order chi connectivity index (χ0) is 18.5. The van der Waals surface area contributed by atoms with Gasteiger partial charge in [-0.1, -0.05) is 18.6 Å². The Morgan fingerprint density at radius 1 is 1.23 bits per heavy atom. The van der Waals surface area contributed by atoms with Gasteiger partial charge in [-0.15, -0.1) is 0 Å². The highest BCUT2D eigenvalue weighted by Gasteiger charge is 2.30. The number of rotatable bonds is 7. The molecule has 1 unspecified atom stereocenters. The molecule has 3 rings (SSSR count). The van der Waals surface area contributed by atoms with E-state index in [1.165, 1.54) is 4.68 Å². The van der Waals surface area contributed by atoms with Crippen LogP contribution in [0, 0.1) is 0 Å². The Morgan fingerprint density at radius 2 is 2.08 bits per heavy atom. The van der Waals surface area contributed by atoms with Gasteiger partial charge in [0.25, 0.3) is 11.5 Å². The fourth-order valence-electron chi connectivity index (χ4n) is 3.16. The molecule has 26 heavy (non-hydrogen) atoms. The van der Waals surface area contributed by atoms with Crippen LogP contribution in [0.1, 0.15) is 38.1 Å². The molecule has 1 aromatic carbocycles. The number of unbranched alkanes of at least 4 members (excludes halogenated alkanes) is 2. The van der Waals surface area contributed by atoms with E-state index in [9.17, 15) is 14.4 Å². The molecular weight excluding hydrogens is 334 g/mol. The van der Waals surface area contributed by atoms with Crippen molar-refractivity contribution in [1.29, 1.82) is 0 Å². The Morgan fingerprint density at radius 3 is 2.85 bits per heavy atom. The minimum Gasteiger partial charge on any atom is -0.384 e. The number of hydrogen-bond acceptors (Lipinski definition) is 6. The van der Waals surface area contributed by atoms with Gasteiger partial charge in [-0.25, -0.2) is 4.68 Å². The van der Waals surface area contributed by atoms with E-state index in [2.05, 4.69) is 15.7 Å². The van der Waals surface area contributed by atoms with Gasteiger partial charge in [0.05, 0.1) is 11.6 Å². The Kier molecular flexibility index (Phi) is 5.62. The number of nitrogens with one attached hydrogen (secondary N) is 2. The van der Waals surface area contributed by atoms with E-state index in [1.54, 1.807) is 6.20 Å². The molecule has 2 amide bonds. The molecule has 138 valence electrons. The van der Waals surface area contributed by atoms with Crippen molar-refractivity contribution in [3.05, 3.63) is 34.7 Å². The van der Waals surface area contributed by atoms with Crippen LogP contribution < -0.4 is 21.9 Å². The van der Waals surface area contributed by atoms with Gasteiger partial charge in [0.2, 0.25) is 5.91 Å². The largest absolute Gasteiger partial charge is 0.384 e. The maximum atomic E-state index is 13.0. The first-order valence-electron chi connectivity index (χ1n) is 8.90. The van der Waals surface area contributed by atoms with Crippen LogP contribution in [0.5, 0.6) is 0 Å². The fraction of sp³-hybridized carbons (Fsp3) is 0.444. The molecule has 0 spiro atoms. The second kappa shape index (κ2) is 8.09. The number of benzene rings is 1. The SMILES string of the molecule is NCCCCCNc1cccc2cnn(C3CCC(=O)NC3=O)c(=O)c12. The molecule has 0 bridgehead atoms. The lowest BCUT2D eigenvalue weighted by Gasteiger charge is -2.22. The van der Waals surface area contributed by atoms with Crippen LogP contribution in [0.15, 0.2) is 29.2 Å². The third-order valence-corrected chi connectivity index (χ3v) is 4.54. The van der Waals surface area contributed by atoms with Crippen molar-refractivity contribution in [2.75, 3.05) is 18.4 Å². The average Bonchev–Trinajstić information content (AvgIpc) is 2.63. The molecule has 1 fully saturated rings. The quantitative estimate of drug-likeness (QED) is 0.501. The first-order chi connectivity index (χ1) is 12.6. The number of carbonyl (C=O) groups is 2. The summed E-state index contributed by atoms with van der Waals surface area (Å²) < 4.78 is 1.18. The normalized spacial score (nSPS) is 17.3. The van der Waals surface area contributed by atoms with E-state index in [0.29, 0.717) is 17.3 Å². The van der Waals surface area contributed by atoms with E-state index >= 15 is 0 Å². The summed E-state index contributed by atoms with van der Waals surface area (Å²) in [6, 6.07) is 4.77. The molecule has 2 aromatic rings. The molecular formula is C18H23N5O3. The van der Waals surface area contributed by atoms with Crippen LogP contribution in [-0.2, 0) is 9.59 Å². The van der Waals surface area contributed by atoms with E-state index in [1.807, 2.05) is 18.2 Å². The van der Waals surface area contributed by atoms with Crippen LogP contribution in [0.3, 0.4) is 0 Å². The van der Waals surface area contributed by atoms with Gasteiger partial charge in [-0.3, -0.25) is 19.7 Å². The average molecular weight is 357 g/mol.